The first-order valence-electron chi connectivity index (χ1n) is 3.87. The Bertz CT molecular complexity index is 350. The van der Waals surface area contributed by atoms with Gasteiger partial charge in [-0.25, -0.2) is 4.98 Å². The van der Waals surface area contributed by atoms with E-state index in [1.165, 1.54) is 0 Å². The van der Waals surface area contributed by atoms with Crippen LogP contribution in [0.4, 0.5) is 0 Å². The molecule has 60 valence electrons. The molecular weight excluding hydrogens is 172 g/mol. The lowest BCUT2D eigenvalue weighted by atomic mass is 10.1. The molecule has 1 aliphatic carbocycles. The fraction of sp³-hybridized carbons (Fsp3) is 0.333. The van der Waals surface area contributed by atoms with Crippen molar-refractivity contribution in [2.24, 2.45) is 0 Å². The molecule has 1 aromatic heterocycles. The highest BCUT2D eigenvalue weighted by molar-refractivity contribution is 6.31. The normalized spacial score (nSPS) is 15.7. The molecule has 12 heavy (non-hydrogen) atoms. The van der Waals surface area contributed by atoms with Crippen molar-refractivity contribution in [1.82, 2.24) is 4.98 Å². The molecule has 1 aliphatic rings. The molecule has 0 N–H and O–H groups in total. The maximum atomic E-state index is 8.75. The predicted octanol–water partition coefficient (Wildman–Crippen LogP) is 2.48. The molecule has 0 amide bonds. The van der Waals surface area contributed by atoms with Gasteiger partial charge in [0.15, 0.2) is 0 Å². The van der Waals surface area contributed by atoms with E-state index in [9.17, 15) is 0 Å². The summed E-state index contributed by atoms with van der Waals surface area (Å²) in [6.07, 6.45) is 3.85. The number of aromatic nitrogens is 1. The number of halogens is 1. The topological polar surface area (TPSA) is 36.7 Å². The van der Waals surface area contributed by atoms with Gasteiger partial charge < -0.3 is 0 Å². The Labute approximate surface area is 75.8 Å². The van der Waals surface area contributed by atoms with E-state index < -0.39 is 0 Å². The molecule has 1 saturated carbocycles. The first kappa shape index (κ1) is 7.57. The van der Waals surface area contributed by atoms with Crippen LogP contribution in [0.15, 0.2) is 12.3 Å². The van der Waals surface area contributed by atoms with E-state index in [1.807, 2.05) is 0 Å². The van der Waals surface area contributed by atoms with Crippen molar-refractivity contribution in [3.8, 4) is 6.07 Å². The molecule has 1 aromatic rings. The molecule has 0 atom stereocenters. The number of nitriles is 1. The van der Waals surface area contributed by atoms with Crippen molar-refractivity contribution in [2.75, 3.05) is 0 Å². The third kappa shape index (κ3) is 1.17. The predicted molar refractivity (Wildman–Crippen MR) is 45.9 cm³/mol. The van der Waals surface area contributed by atoms with E-state index >= 15 is 0 Å². The molecule has 0 unspecified atom stereocenters. The number of nitrogens with zero attached hydrogens (tertiary/aromatic N) is 2. The molecule has 0 spiro atoms. The van der Waals surface area contributed by atoms with Gasteiger partial charge in [-0.05, 0) is 24.8 Å². The van der Waals surface area contributed by atoms with Crippen LogP contribution in [0.25, 0.3) is 0 Å². The molecular formula is C9H7ClN2. The van der Waals surface area contributed by atoms with Gasteiger partial charge in [-0.1, -0.05) is 11.6 Å². The Balaban J connectivity index is 2.54. The maximum Gasteiger partial charge on any atom is 0.145 e. The second-order valence-corrected chi connectivity index (χ2v) is 3.35. The zero-order chi connectivity index (χ0) is 8.55. The molecule has 1 fully saturated rings. The van der Waals surface area contributed by atoms with Crippen LogP contribution >= 0.6 is 11.6 Å². The minimum absolute atomic E-state index is 0.487. The number of pyridine rings is 1. The lowest BCUT2D eigenvalue weighted by Crippen LogP contribution is -1.91. The van der Waals surface area contributed by atoms with Crippen molar-refractivity contribution < 1.29 is 0 Å². The summed E-state index contributed by atoms with van der Waals surface area (Å²) in [6.45, 7) is 0. The van der Waals surface area contributed by atoms with Crippen LogP contribution < -0.4 is 0 Å². The van der Waals surface area contributed by atoms with Crippen LogP contribution in [0, 0.1) is 11.3 Å². The largest absolute Gasteiger partial charge is 0.245 e. The average molecular weight is 179 g/mol. The van der Waals surface area contributed by atoms with Crippen molar-refractivity contribution in [2.45, 2.75) is 18.8 Å². The van der Waals surface area contributed by atoms with E-state index in [2.05, 4.69) is 11.1 Å². The van der Waals surface area contributed by atoms with Gasteiger partial charge >= 0.3 is 0 Å². The lowest BCUT2D eigenvalue weighted by Gasteiger charge is -2.01. The van der Waals surface area contributed by atoms with Gasteiger partial charge in [0, 0.05) is 16.8 Å². The van der Waals surface area contributed by atoms with Gasteiger partial charge in [-0.2, -0.15) is 5.26 Å². The third-order valence-corrected chi connectivity index (χ3v) is 2.36. The van der Waals surface area contributed by atoms with Crippen LogP contribution in [0.2, 0.25) is 5.02 Å². The van der Waals surface area contributed by atoms with Gasteiger partial charge in [0.25, 0.3) is 0 Å². The Morgan fingerprint density at radius 3 is 2.92 bits per heavy atom. The van der Waals surface area contributed by atoms with Gasteiger partial charge in [-0.3, -0.25) is 0 Å². The van der Waals surface area contributed by atoms with Crippen LogP contribution in [0.5, 0.6) is 0 Å². The molecule has 2 rings (SSSR count). The summed E-state index contributed by atoms with van der Waals surface area (Å²) in [5.41, 5.74) is 1.44. The fourth-order valence-electron chi connectivity index (χ4n) is 1.30. The summed E-state index contributed by atoms with van der Waals surface area (Å²) < 4.78 is 0. The quantitative estimate of drug-likeness (QED) is 0.663. The maximum absolute atomic E-state index is 8.75. The Morgan fingerprint density at radius 2 is 2.33 bits per heavy atom. The molecule has 3 heteroatoms. The molecule has 0 aliphatic heterocycles. The van der Waals surface area contributed by atoms with Gasteiger partial charge in [-0.15, -0.1) is 0 Å². The number of hydrogen-bond donors (Lipinski definition) is 0. The first-order chi connectivity index (χ1) is 5.83. The summed E-state index contributed by atoms with van der Waals surface area (Å²) in [7, 11) is 0. The molecule has 2 nitrogen and oxygen atoms in total. The van der Waals surface area contributed by atoms with Crippen molar-refractivity contribution in [3.05, 3.63) is 28.5 Å². The smallest absolute Gasteiger partial charge is 0.145 e. The van der Waals surface area contributed by atoms with E-state index in [0.29, 0.717) is 16.6 Å². The minimum Gasteiger partial charge on any atom is -0.245 e. The zero-order valence-corrected chi connectivity index (χ0v) is 7.17. The van der Waals surface area contributed by atoms with Crippen LogP contribution in [-0.2, 0) is 0 Å². The summed E-state index contributed by atoms with van der Waals surface area (Å²) in [5, 5.41) is 9.43. The van der Waals surface area contributed by atoms with Crippen molar-refractivity contribution in [1.29, 1.82) is 5.26 Å². The van der Waals surface area contributed by atoms with Gasteiger partial charge in [0.05, 0.1) is 0 Å². The third-order valence-electron chi connectivity index (χ3n) is 2.03. The zero-order valence-electron chi connectivity index (χ0n) is 6.42. The van der Waals surface area contributed by atoms with Crippen molar-refractivity contribution >= 4 is 11.6 Å². The first-order valence-corrected chi connectivity index (χ1v) is 4.25. The van der Waals surface area contributed by atoms with E-state index in [1.54, 1.807) is 12.3 Å². The highest BCUT2D eigenvalue weighted by Gasteiger charge is 2.28. The fourth-order valence-corrected chi connectivity index (χ4v) is 1.60. The Kier molecular flexibility index (Phi) is 1.74. The second-order valence-electron chi connectivity index (χ2n) is 2.94. The van der Waals surface area contributed by atoms with Crippen LogP contribution in [0.1, 0.15) is 30.0 Å². The molecule has 0 radical (unpaired) electrons. The van der Waals surface area contributed by atoms with Crippen LogP contribution in [-0.4, -0.2) is 4.98 Å². The van der Waals surface area contributed by atoms with Crippen LogP contribution in [0.3, 0.4) is 0 Å². The van der Waals surface area contributed by atoms with Gasteiger partial charge in [0.2, 0.25) is 0 Å². The average Bonchev–Trinajstić information content (AvgIpc) is 2.87. The Hall–Kier alpha value is -1.07. The molecule has 0 saturated heterocycles. The van der Waals surface area contributed by atoms with E-state index in [0.717, 1.165) is 18.4 Å². The van der Waals surface area contributed by atoms with E-state index in [4.69, 9.17) is 16.9 Å². The minimum atomic E-state index is 0.487. The molecule has 0 aromatic carbocycles. The number of rotatable bonds is 1. The molecule has 0 bridgehead atoms. The second kappa shape index (κ2) is 2.76. The summed E-state index contributed by atoms with van der Waals surface area (Å²) in [4.78, 5) is 3.97. The molecule has 1 heterocycles. The van der Waals surface area contributed by atoms with E-state index in [-0.39, 0.29) is 0 Å². The SMILES string of the molecule is N#Cc1nccc(Cl)c1C1CC1. The lowest BCUT2D eigenvalue weighted by molar-refractivity contribution is 1.07. The monoisotopic (exact) mass is 178 g/mol. The standard InChI is InChI=1S/C9H7ClN2/c10-7-3-4-12-8(5-11)9(7)6-1-2-6/h3-4,6H,1-2H2. The summed E-state index contributed by atoms with van der Waals surface area (Å²) in [5.74, 6) is 0.487. The summed E-state index contributed by atoms with van der Waals surface area (Å²) >= 11 is 5.95. The number of hydrogen-bond acceptors (Lipinski definition) is 2. The highest BCUT2D eigenvalue weighted by atomic mass is 35.5. The summed E-state index contributed by atoms with van der Waals surface area (Å²) in [6, 6.07) is 3.81. The van der Waals surface area contributed by atoms with Gasteiger partial charge in [0.1, 0.15) is 11.8 Å². The van der Waals surface area contributed by atoms with Crippen molar-refractivity contribution in [3.63, 3.8) is 0 Å². The highest BCUT2D eigenvalue weighted by Crippen LogP contribution is 2.44. The Morgan fingerprint density at radius 1 is 1.58 bits per heavy atom.